The SMILES string of the molecule is CC(=O)N[C@H]1CC[C@@H](C(C)=O)CC1. The van der Waals surface area contributed by atoms with Crippen LogP contribution in [0.4, 0.5) is 0 Å². The first-order chi connectivity index (χ1) is 6.09. The summed E-state index contributed by atoms with van der Waals surface area (Å²) in [5.74, 6) is 0.567. The van der Waals surface area contributed by atoms with Crippen molar-refractivity contribution in [2.24, 2.45) is 5.92 Å². The number of carbonyl (C=O) groups excluding carboxylic acids is 2. The Kier molecular flexibility index (Phi) is 3.46. The second-order valence-corrected chi connectivity index (χ2v) is 3.86. The number of nitrogens with one attached hydrogen (secondary N) is 1. The summed E-state index contributed by atoms with van der Waals surface area (Å²) >= 11 is 0. The van der Waals surface area contributed by atoms with Crippen molar-refractivity contribution in [2.75, 3.05) is 0 Å². The molecule has 0 spiro atoms. The van der Waals surface area contributed by atoms with Crippen molar-refractivity contribution < 1.29 is 9.59 Å². The molecule has 3 heteroatoms. The van der Waals surface area contributed by atoms with Gasteiger partial charge in [-0.05, 0) is 32.6 Å². The van der Waals surface area contributed by atoms with Crippen molar-refractivity contribution in [3.05, 3.63) is 0 Å². The first-order valence-electron chi connectivity index (χ1n) is 4.87. The lowest BCUT2D eigenvalue weighted by molar-refractivity contribution is -0.122. The highest BCUT2D eigenvalue weighted by atomic mass is 16.1. The van der Waals surface area contributed by atoms with Gasteiger partial charge in [-0.25, -0.2) is 0 Å². The number of Topliss-reactive ketones (excluding diaryl/α,β-unsaturated/α-hetero) is 1. The summed E-state index contributed by atoms with van der Waals surface area (Å²) in [6.45, 7) is 3.19. The van der Waals surface area contributed by atoms with Crippen molar-refractivity contribution >= 4 is 11.7 Å². The molecule has 13 heavy (non-hydrogen) atoms. The predicted molar refractivity (Wildman–Crippen MR) is 50.2 cm³/mol. The molecule has 0 aromatic heterocycles. The van der Waals surface area contributed by atoms with E-state index >= 15 is 0 Å². The van der Waals surface area contributed by atoms with E-state index in [9.17, 15) is 9.59 Å². The van der Waals surface area contributed by atoms with Crippen LogP contribution in [-0.2, 0) is 9.59 Å². The molecule has 1 N–H and O–H groups in total. The molecule has 0 aromatic rings. The lowest BCUT2D eigenvalue weighted by Crippen LogP contribution is -2.37. The zero-order valence-electron chi connectivity index (χ0n) is 8.30. The lowest BCUT2D eigenvalue weighted by atomic mass is 9.84. The first kappa shape index (κ1) is 10.2. The Balaban J connectivity index is 2.30. The molecule has 1 amide bonds. The summed E-state index contributed by atoms with van der Waals surface area (Å²) in [7, 11) is 0. The van der Waals surface area contributed by atoms with Crippen LogP contribution in [0.25, 0.3) is 0 Å². The predicted octanol–water partition coefficient (Wildman–Crippen LogP) is 1.27. The first-order valence-corrected chi connectivity index (χ1v) is 4.87. The molecule has 0 radical (unpaired) electrons. The fourth-order valence-corrected chi connectivity index (χ4v) is 1.93. The van der Waals surface area contributed by atoms with Gasteiger partial charge in [-0.15, -0.1) is 0 Å². The highest BCUT2D eigenvalue weighted by Gasteiger charge is 2.23. The number of rotatable bonds is 2. The van der Waals surface area contributed by atoms with E-state index in [0.717, 1.165) is 25.7 Å². The Morgan fingerprint density at radius 1 is 1.08 bits per heavy atom. The molecule has 0 bridgehead atoms. The molecular formula is C10H17NO2. The van der Waals surface area contributed by atoms with Gasteiger partial charge in [0, 0.05) is 18.9 Å². The molecule has 1 aliphatic rings. The van der Waals surface area contributed by atoms with Gasteiger partial charge < -0.3 is 5.32 Å². The third-order valence-electron chi connectivity index (χ3n) is 2.71. The van der Waals surface area contributed by atoms with Crippen LogP contribution in [0.5, 0.6) is 0 Å². The molecule has 0 saturated heterocycles. The van der Waals surface area contributed by atoms with E-state index in [1.54, 1.807) is 6.92 Å². The molecular weight excluding hydrogens is 166 g/mol. The van der Waals surface area contributed by atoms with Gasteiger partial charge in [0.05, 0.1) is 0 Å². The molecule has 0 unspecified atom stereocenters. The van der Waals surface area contributed by atoms with Crippen LogP contribution < -0.4 is 5.32 Å². The van der Waals surface area contributed by atoms with Crippen molar-refractivity contribution in [2.45, 2.75) is 45.6 Å². The van der Waals surface area contributed by atoms with Crippen LogP contribution in [0.3, 0.4) is 0 Å². The Hall–Kier alpha value is -0.860. The van der Waals surface area contributed by atoms with E-state index in [4.69, 9.17) is 0 Å². The van der Waals surface area contributed by atoms with Crippen molar-refractivity contribution in [1.82, 2.24) is 5.32 Å². The molecule has 1 rings (SSSR count). The maximum absolute atomic E-state index is 11.0. The Morgan fingerprint density at radius 3 is 2.00 bits per heavy atom. The summed E-state index contributed by atoms with van der Waals surface area (Å²) in [4.78, 5) is 21.8. The summed E-state index contributed by atoms with van der Waals surface area (Å²) in [5.41, 5.74) is 0. The lowest BCUT2D eigenvalue weighted by Gasteiger charge is -2.27. The van der Waals surface area contributed by atoms with Gasteiger partial charge in [-0.3, -0.25) is 9.59 Å². The maximum atomic E-state index is 11.0. The summed E-state index contributed by atoms with van der Waals surface area (Å²) in [5, 5.41) is 2.89. The summed E-state index contributed by atoms with van der Waals surface area (Å²) in [6, 6.07) is 0.299. The minimum absolute atomic E-state index is 0.0336. The van der Waals surface area contributed by atoms with Gasteiger partial charge in [-0.2, -0.15) is 0 Å². The Bertz CT molecular complexity index is 205. The number of amides is 1. The molecule has 0 aliphatic heterocycles. The van der Waals surface area contributed by atoms with Gasteiger partial charge in [0.2, 0.25) is 5.91 Å². The topological polar surface area (TPSA) is 46.2 Å². The summed E-state index contributed by atoms with van der Waals surface area (Å²) in [6.07, 6.45) is 3.76. The molecule has 74 valence electrons. The third kappa shape index (κ3) is 3.17. The maximum Gasteiger partial charge on any atom is 0.217 e. The van der Waals surface area contributed by atoms with Gasteiger partial charge in [0.1, 0.15) is 5.78 Å². The second-order valence-electron chi connectivity index (χ2n) is 3.86. The Morgan fingerprint density at radius 2 is 1.62 bits per heavy atom. The minimum Gasteiger partial charge on any atom is -0.354 e. The second kappa shape index (κ2) is 4.40. The normalized spacial score (nSPS) is 28.2. The molecule has 1 saturated carbocycles. The highest BCUT2D eigenvalue weighted by molar-refractivity contribution is 5.78. The van der Waals surface area contributed by atoms with Crippen molar-refractivity contribution in [3.8, 4) is 0 Å². The van der Waals surface area contributed by atoms with Crippen molar-refractivity contribution in [1.29, 1.82) is 0 Å². The van der Waals surface area contributed by atoms with Crippen LogP contribution in [0, 0.1) is 5.92 Å². The van der Waals surface area contributed by atoms with Gasteiger partial charge in [-0.1, -0.05) is 0 Å². The van der Waals surface area contributed by atoms with Gasteiger partial charge in [0.25, 0.3) is 0 Å². The van der Waals surface area contributed by atoms with Crippen molar-refractivity contribution in [3.63, 3.8) is 0 Å². The van der Waals surface area contributed by atoms with Gasteiger partial charge >= 0.3 is 0 Å². The van der Waals surface area contributed by atoms with Crippen LogP contribution in [0.1, 0.15) is 39.5 Å². The number of carbonyl (C=O) groups is 2. The fourth-order valence-electron chi connectivity index (χ4n) is 1.93. The number of hydrogen-bond acceptors (Lipinski definition) is 2. The van der Waals surface area contributed by atoms with Crippen LogP contribution in [0.15, 0.2) is 0 Å². The number of hydrogen-bond donors (Lipinski definition) is 1. The standard InChI is InChI=1S/C10H17NO2/c1-7(12)9-3-5-10(6-4-9)11-8(2)13/h9-10H,3-6H2,1-2H3,(H,11,13)/t9-,10+. The quantitative estimate of drug-likeness (QED) is 0.700. The zero-order valence-corrected chi connectivity index (χ0v) is 8.30. The molecule has 0 atom stereocenters. The van der Waals surface area contributed by atoms with Crippen LogP contribution in [-0.4, -0.2) is 17.7 Å². The fraction of sp³-hybridized carbons (Fsp3) is 0.800. The largest absolute Gasteiger partial charge is 0.354 e. The smallest absolute Gasteiger partial charge is 0.217 e. The molecule has 0 heterocycles. The average molecular weight is 183 g/mol. The average Bonchev–Trinajstić information content (AvgIpc) is 2.04. The van der Waals surface area contributed by atoms with E-state index in [1.165, 1.54) is 6.92 Å². The third-order valence-corrected chi connectivity index (χ3v) is 2.71. The van der Waals surface area contributed by atoms with E-state index in [0.29, 0.717) is 11.8 Å². The highest BCUT2D eigenvalue weighted by Crippen LogP contribution is 2.24. The molecule has 1 fully saturated rings. The van der Waals surface area contributed by atoms with E-state index in [2.05, 4.69) is 5.32 Å². The number of ketones is 1. The van der Waals surface area contributed by atoms with Gasteiger partial charge in [0.15, 0.2) is 0 Å². The zero-order chi connectivity index (χ0) is 9.84. The minimum atomic E-state index is 0.0336. The van der Waals surface area contributed by atoms with Crippen LogP contribution in [0.2, 0.25) is 0 Å². The summed E-state index contributed by atoms with van der Waals surface area (Å²) < 4.78 is 0. The molecule has 3 nitrogen and oxygen atoms in total. The molecule has 0 aromatic carbocycles. The van der Waals surface area contributed by atoms with E-state index < -0.39 is 0 Å². The Labute approximate surface area is 78.9 Å². The van der Waals surface area contributed by atoms with E-state index in [1.807, 2.05) is 0 Å². The van der Waals surface area contributed by atoms with Crippen LogP contribution >= 0.6 is 0 Å². The monoisotopic (exact) mass is 183 g/mol. The molecule has 1 aliphatic carbocycles. The van der Waals surface area contributed by atoms with E-state index in [-0.39, 0.29) is 11.8 Å².